The van der Waals surface area contributed by atoms with Crippen molar-refractivity contribution in [2.45, 2.75) is 0 Å². The van der Waals surface area contributed by atoms with Crippen LogP contribution in [0.4, 0.5) is 5.69 Å². The molecule has 0 unspecified atom stereocenters. The Morgan fingerprint density at radius 3 is 2.41 bits per heavy atom. The Kier molecular flexibility index (Phi) is 4.41. The molecular formula is C22H18N4O. The number of nitrogens with zero attached hydrogens (tertiary/aromatic N) is 1. The van der Waals surface area contributed by atoms with Gasteiger partial charge in [-0.05, 0) is 35.9 Å². The number of carbonyl (C=O) groups excluding carboxylic acids is 1. The third kappa shape index (κ3) is 3.43. The van der Waals surface area contributed by atoms with Gasteiger partial charge in [-0.1, -0.05) is 48.5 Å². The fraction of sp³-hybridized carbons (Fsp3) is 0. The van der Waals surface area contributed by atoms with Gasteiger partial charge in [0.15, 0.2) is 0 Å². The third-order valence-corrected chi connectivity index (χ3v) is 4.34. The zero-order valence-corrected chi connectivity index (χ0v) is 14.5. The summed E-state index contributed by atoms with van der Waals surface area (Å²) in [6.45, 7) is 0. The number of fused-ring (bicyclic) bond motifs is 1. The van der Waals surface area contributed by atoms with Gasteiger partial charge in [0.1, 0.15) is 0 Å². The van der Waals surface area contributed by atoms with Crippen molar-refractivity contribution in [3.05, 3.63) is 90.0 Å². The van der Waals surface area contributed by atoms with E-state index in [1.54, 1.807) is 30.5 Å². The van der Waals surface area contributed by atoms with Crippen molar-refractivity contribution in [1.29, 1.82) is 0 Å². The molecule has 27 heavy (non-hydrogen) atoms. The van der Waals surface area contributed by atoms with Crippen LogP contribution in [-0.4, -0.2) is 17.1 Å². The number of hydrogen-bond acceptors (Lipinski definition) is 3. The second kappa shape index (κ2) is 7.17. The molecule has 5 heteroatoms. The monoisotopic (exact) mass is 354 g/mol. The van der Waals surface area contributed by atoms with Gasteiger partial charge >= 0.3 is 0 Å². The summed E-state index contributed by atoms with van der Waals surface area (Å²) in [4.78, 5) is 15.7. The van der Waals surface area contributed by atoms with Gasteiger partial charge in [-0.15, -0.1) is 0 Å². The number of H-pyrrole nitrogens is 1. The number of aromatic nitrogens is 1. The summed E-state index contributed by atoms with van der Waals surface area (Å²) < 4.78 is 0. The fourth-order valence-corrected chi connectivity index (χ4v) is 2.98. The number of aromatic amines is 1. The molecule has 0 aliphatic rings. The van der Waals surface area contributed by atoms with Crippen LogP contribution < -0.4 is 11.2 Å². The summed E-state index contributed by atoms with van der Waals surface area (Å²) in [6, 6.07) is 24.8. The van der Waals surface area contributed by atoms with E-state index in [-0.39, 0.29) is 5.91 Å². The summed E-state index contributed by atoms with van der Waals surface area (Å²) in [5, 5.41) is 5.22. The molecule has 4 N–H and O–H groups in total. The first-order valence-corrected chi connectivity index (χ1v) is 8.57. The topological polar surface area (TPSA) is 83.3 Å². The molecule has 0 fully saturated rings. The lowest BCUT2D eigenvalue weighted by Crippen LogP contribution is -2.17. The first-order valence-electron chi connectivity index (χ1n) is 8.57. The standard InChI is InChI=1S/C22H18N4O/c23-17-12-10-16(11-13-17)22(27)26-24-14-19-18-8-4-5-9-20(18)25-21(19)15-6-2-1-3-7-15/h1-14,25H,23H2,(H,26,27)/b24-14+. The second-order valence-corrected chi connectivity index (χ2v) is 6.15. The first kappa shape index (κ1) is 16.6. The van der Waals surface area contributed by atoms with Crippen LogP contribution in [0.3, 0.4) is 0 Å². The number of rotatable bonds is 4. The van der Waals surface area contributed by atoms with E-state index >= 15 is 0 Å². The van der Waals surface area contributed by atoms with Crippen molar-refractivity contribution in [3.8, 4) is 11.3 Å². The maximum absolute atomic E-state index is 12.2. The van der Waals surface area contributed by atoms with Gasteiger partial charge in [0.2, 0.25) is 0 Å². The van der Waals surface area contributed by atoms with Crippen molar-refractivity contribution in [3.63, 3.8) is 0 Å². The van der Waals surface area contributed by atoms with Crippen LogP contribution >= 0.6 is 0 Å². The molecule has 0 spiro atoms. The largest absolute Gasteiger partial charge is 0.399 e. The van der Waals surface area contributed by atoms with Gasteiger partial charge in [-0.2, -0.15) is 5.10 Å². The number of amides is 1. The lowest BCUT2D eigenvalue weighted by atomic mass is 10.1. The molecule has 0 saturated heterocycles. The summed E-state index contributed by atoms with van der Waals surface area (Å²) >= 11 is 0. The average Bonchev–Trinajstić information content (AvgIpc) is 3.08. The minimum atomic E-state index is -0.285. The van der Waals surface area contributed by atoms with Gasteiger partial charge in [0, 0.05) is 27.7 Å². The number of nitrogen functional groups attached to an aromatic ring is 1. The van der Waals surface area contributed by atoms with Crippen molar-refractivity contribution in [1.82, 2.24) is 10.4 Å². The molecule has 0 atom stereocenters. The Labute approximate surface area is 156 Å². The van der Waals surface area contributed by atoms with Crippen LogP contribution in [0.25, 0.3) is 22.2 Å². The fourth-order valence-electron chi connectivity index (χ4n) is 2.98. The quantitative estimate of drug-likeness (QED) is 0.292. The Morgan fingerprint density at radius 1 is 0.926 bits per heavy atom. The van der Waals surface area contributed by atoms with Crippen molar-refractivity contribution in [2.24, 2.45) is 5.10 Å². The third-order valence-electron chi connectivity index (χ3n) is 4.34. The first-order chi connectivity index (χ1) is 13.2. The van der Waals surface area contributed by atoms with Gasteiger partial charge < -0.3 is 10.7 Å². The zero-order valence-electron chi connectivity index (χ0n) is 14.5. The molecule has 4 rings (SSSR count). The number of nitrogens with two attached hydrogens (primary N) is 1. The molecular weight excluding hydrogens is 336 g/mol. The number of carbonyl (C=O) groups is 1. The second-order valence-electron chi connectivity index (χ2n) is 6.15. The Bertz CT molecular complexity index is 1110. The normalized spacial score (nSPS) is 11.1. The number of anilines is 1. The van der Waals surface area contributed by atoms with Gasteiger partial charge in [0.25, 0.3) is 5.91 Å². The molecule has 0 radical (unpaired) electrons. The maximum Gasteiger partial charge on any atom is 0.271 e. The highest BCUT2D eigenvalue weighted by atomic mass is 16.2. The maximum atomic E-state index is 12.2. The highest BCUT2D eigenvalue weighted by molar-refractivity contribution is 6.06. The van der Waals surface area contributed by atoms with E-state index in [4.69, 9.17) is 5.73 Å². The number of benzene rings is 3. The van der Waals surface area contributed by atoms with E-state index in [2.05, 4.69) is 15.5 Å². The molecule has 132 valence electrons. The smallest absolute Gasteiger partial charge is 0.271 e. The van der Waals surface area contributed by atoms with Crippen LogP contribution in [0.5, 0.6) is 0 Å². The zero-order chi connectivity index (χ0) is 18.6. The molecule has 0 aliphatic carbocycles. The highest BCUT2D eigenvalue weighted by Crippen LogP contribution is 2.28. The van der Waals surface area contributed by atoms with Crippen molar-refractivity contribution in [2.75, 3.05) is 5.73 Å². The molecule has 4 aromatic rings. The molecule has 1 aromatic heterocycles. The van der Waals surface area contributed by atoms with E-state index < -0.39 is 0 Å². The van der Waals surface area contributed by atoms with E-state index in [1.165, 1.54) is 0 Å². The van der Waals surface area contributed by atoms with Gasteiger partial charge in [-0.3, -0.25) is 4.79 Å². The van der Waals surface area contributed by atoms with Crippen LogP contribution in [0, 0.1) is 0 Å². The van der Waals surface area contributed by atoms with Crippen LogP contribution in [0.15, 0.2) is 84.0 Å². The van der Waals surface area contributed by atoms with E-state index in [9.17, 15) is 4.79 Å². The van der Waals surface area contributed by atoms with Crippen LogP contribution in [-0.2, 0) is 0 Å². The van der Waals surface area contributed by atoms with Gasteiger partial charge in [0.05, 0.1) is 11.9 Å². The minimum Gasteiger partial charge on any atom is -0.399 e. The number of nitrogens with one attached hydrogen (secondary N) is 2. The molecule has 3 aromatic carbocycles. The molecule has 0 saturated carbocycles. The molecule has 0 bridgehead atoms. The van der Waals surface area contributed by atoms with Crippen LogP contribution in [0.2, 0.25) is 0 Å². The van der Waals surface area contributed by atoms with Crippen molar-refractivity contribution >= 4 is 28.7 Å². The predicted molar refractivity (Wildman–Crippen MR) is 110 cm³/mol. The molecule has 1 heterocycles. The van der Waals surface area contributed by atoms with Gasteiger partial charge in [-0.25, -0.2) is 5.43 Å². The van der Waals surface area contributed by atoms with Crippen molar-refractivity contribution < 1.29 is 4.79 Å². The molecule has 0 aliphatic heterocycles. The van der Waals surface area contributed by atoms with E-state index in [0.717, 1.165) is 27.7 Å². The minimum absolute atomic E-state index is 0.285. The Balaban J connectivity index is 1.65. The highest BCUT2D eigenvalue weighted by Gasteiger charge is 2.11. The number of para-hydroxylation sites is 1. The number of hydrogen-bond donors (Lipinski definition) is 3. The molecule has 1 amide bonds. The van der Waals surface area contributed by atoms with E-state index in [0.29, 0.717) is 11.3 Å². The molecule has 5 nitrogen and oxygen atoms in total. The number of hydrazone groups is 1. The Hall–Kier alpha value is -3.86. The summed E-state index contributed by atoms with van der Waals surface area (Å²) in [5.41, 5.74) is 13.3. The predicted octanol–water partition coefficient (Wildman–Crippen LogP) is 4.18. The van der Waals surface area contributed by atoms with Crippen LogP contribution in [0.1, 0.15) is 15.9 Å². The lowest BCUT2D eigenvalue weighted by molar-refractivity contribution is 0.0955. The average molecular weight is 354 g/mol. The summed E-state index contributed by atoms with van der Waals surface area (Å²) in [5.74, 6) is -0.285. The Morgan fingerprint density at radius 2 is 1.63 bits per heavy atom. The SMILES string of the molecule is Nc1ccc(C(=O)N/N=C/c2c(-c3ccccc3)[nH]c3ccccc23)cc1. The van der Waals surface area contributed by atoms with E-state index in [1.807, 2.05) is 54.6 Å². The summed E-state index contributed by atoms with van der Waals surface area (Å²) in [7, 11) is 0. The lowest BCUT2D eigenvalue weighted by Gasteiger charge is -2.02. The summed E-state index contributed by atoms with van der Waals surface area (Å²) in [6.07, 6.45) is 1.68.